The number of rotatable bonds is 2. The van der Waals surface area contributed by atoms with Crippen molar-refractivity contribution in [2.45, 2.75) is 37.0 Å². The van der Waals surface area contributed by atoms with Crippen LogP contribution in [0.1, 0.15) is 26.7 Å². The van der Waals surface area contributed by atoms with Crippen molar-refractivity contribution in [3.63, 3.8) is 0 Å². The first-order valence-corrected chi connectivity index (χ1v) is 6.13. The van der Waals surface area contributed by atoms with Gasteiger partial charge in [-0.05, 0) is 26.7 Å². The van der Waals surface area contributed by atoms with Crippen molar-refractivity contribution in [2.24, 2.45) is 5.73 Å². The van der Waals surface area contributed by atoms with Gasteiger partial charge < -0.3 is 5.73 Å². The minimum Gasteiger partial charge on any atom is -0.324 e. The van der Waals surface area contributed by atoms with Crippen LogP contribution in [0, 0.1) is 0 Å². The van der Waals surface area contributed by atoms with E-state index in [4.69, 9.17) is 5.73 Å². The molecule has 2 N–H and O–H groups in total. The predicted molar refractivity (Wildman–Crippen MR) is 59.1 cm³/mol. The van der Waals surface area contributed by atoms with Gasteiger partial charge in [-0.2, -0.15) is 11.8 Å². The average Bonchev–Trinajstić information content (AvgIpc) is 2.65. The van der Waals surface area contributed by atoms with Crippen LogP contribution in [0.4, 0.5) is 0 Å². The van der Waals surface area contributed by atoms with Crippen LogP contribution in [0.15, 0.2) is 0 Å². The summed E-state index contributed by atoms with van der Waals surface area (Å²) in [5.74, 6) is 1.27. The molecule has 1 saturated heterocycles. The SMILES string of the molecule is CC1(C)CN(CC2(N)CC2)CCS1. The Hall–Kier alpha value is 0.270. The summed E-state index contributed by atoms with van der Waals surface area (Å²) in [6.07, 6.45) is 2.47. The molecule has 1 heterocycles. The van der Waals surface area contributed by atoms with Gasteiger partial charge in [0.2, 0.25) is 0 Å². The van der Waals surface area contributed by atoms with E-state index in [-0.39, 0.29) is 5.54 Å². The zero-order valence-corrected chi connectivity index (χ0v) is 9.49. The Bertz CT molecular complexity index is 197. The van der Waals surface area contributed by atoms with Crippen LogP contribution in [0.5, 0.6) is 0 Å². The fourth-order valence-electron chi connectivity index (χ4n) is 2.01. The smallest absolute Gasteiger partial charge is 0.0284 e. The summed E-state index contributed by atoms with van der Waals surface area (Å²) >= 11 is 2.09. The molecular weight excluding hydrogens is 180 g/mol. The van der Waals surface area contributed by atoms with Crippen molar-refractivity contribution in [1.82, 2.24) is 4.90 Å². The van der Waals surface area contributed by atoms with Gasteiger partial charge in [-0.3, -0.25) is 4.90 Å². The number of thioether (sulfide) groups is 1. The quantitative estimate of drug-likeness (QED) is 0.728. The van der Waals surface area contributed by atoms with Crippen LogP contribution < -0.4 is 5.73 Å². The molecule has 2 rings (SSSR count). The summed E-state index contributed by atoms with van der Waals surface area (Å²) in [6, 6.07) is 0. The summed E-state index contributed by atoms with van der Waals surface area (Å²) in [7, 11) is 0. The molecule has 0 radical (unpaired) electrons. The van der Waals surface area contributed by atoms with Crippen molar-refractivity contribution in [1.29, 1.82) is 0 Å². The third kappa shape index (κ3) is 2.61. The first kappa shape index (κ1) is 9.81. The molecule has 2 nitrogen and oxygen atoms in total. The molecule has 0 unspecified atom stereocenters. The Kier molecular flexibility index (Phi) is 2.37. The maximum atomic E-state index is 6.12. The molecule has 13 heavy (non-hydrogen) atoms. The summed E-state index contributed by atoms with van der Waals surface area (Å²) in [5, 5.41) is 0. The van der Waals surface area contributed by atoms with Gasteiger partial charge in [-0.25, -0.2) is 0 Å². The summed E-state index contributed by atoms with van der Waals surface area (Å²) in [6.45, 7) is 8.22. The van der Waals surface area contributed by atoms with E-state index < -0.39 is 0 Å². The topological polar surface area (TPSA) is 29.3 Å². The van der Waals surface area contributed by atoms with Gasteiger partial charge in [0.15, 0.2) is 0 Å². The summed E-state index contributed by atoms with van der Waals surface area (Å²) in [4.78, 5) is 2.55. The fraction of sp³-hybridized carbons (Fsp3) is 1.00. The molecule has 1 aliphatic heterocycles. The average molecular weight is 200 g/mol. The van der Waals surface area contributed by atoms with E-state index in [1.807, 2.05) is 0 Å². The van der Waals surface area contributed by atoms with E-state index in [2.05, 4.69) is 30.5 Å². The zero-order chi connectivity index (χ0) is 9.53. The second-order valence-electron chi connectivity index (χ2n) is 5.18. The van der Waals surface area contributed by atoms with Crippen LogP contribution in [0.25, 0.3) is 0 Å². The highest BCUT2D eigenvalue weighted by Crippen LogP contribution is 2.36. The van der Waals surface area contributed by atoms with Crippen LogP contribution in [0.3, 0.4) is 0 Å². The highest BCUT2D eigenvalue weighted by Gasteiger charge is 2.41. The van der Waals surface area contributed by atoms with E-state index in [9.17, 15) is 0 Å². The van der Waals surface area contributed by atoms with E-state index in [0.717, 1.165) is 6.54 Å². The number of nitrogens with zero attached hydrogens (tertiary/aromatic N) is 1. The monoisotopic (exact) mass is 200 g/mol. The van der Waals surface area contributed by atoms with Crippen LogP contribution in [0.2, 0.25) is 0 Å². The van der Waals surface area contributed by atoms with Crippen molar-refractivity contribution in [3.05, 3.63) is 0 Å². The second-order valence-corrected chi connectivity index (χ2v) is 6.98. The molecule has 2 fully saturated rings. The lowest BCUT2D eigenvalue weighted by Gasteiger charge is -2.38. The lowest BCUT2D eigenvalue weighted by Crippen LogP contribution is -2.48. The van der Waals surface area contributed by atoms with Crippen molar-refractivity contribution < 1.29 is 0 Å². The molecule has 1 aliphatic carbocycles. The van der Waals surface area contributed by atoms with E-state index >= 15 is 0 Å². The van der Waals surface area contributed by atoms with Gasteiger partial charge in [0.25, 0.3) is 0 Å². The van der Waals surface area contributed by atoms with Gasteiger partial charge in [0, 0.05) is 35.7 Å². The Labute approximate surface area is 85.2 Å². The fourth-order valence-corrected chi connectivity index (χ4v) is 3.19. The summed E-state index contributed by atoms with van der Waals surface area (Å²) < 4.78 is 0.434. The van der Waals surface area contributed by atoms with Crippen molar-refractivity contribution >= 4 is 11.8 Å². The minimum atomic E-state index is 0.193. The Morgan fingerprint density at radius 3 is 2.62 bits per heavy atom. The molecule has 2 aliphatic rings. The molecule has 0 aromatic rings. The maximum Gasteiger partial charge on any atom is 0.0284 e. The first-order valence-electron chi connectivity index (χ1n) is 5.14. The number of hydrogen-bond acceptors (Lipinski definition) is 3. The third-order valence-electron chi connectivity index (χ3n) is 2.94. The van der Waals surface area contributed by atoms with E-state index in [0.29, 0.717) is 4.75 Å². The van der Waals surface area contributed by atoms with Gasteiger partial charge >= 0.3 is 0 Å². The van der Waals surface area contributed by atoms with E-state index in [1.54, 1.807) is 0 Å². The molecule has 0 bridgehead atoms. The second kappa shape index (κ2) is 3.14. The maximum absolute atomic E-state index is 6.12. The van der Waals surface area contributed by atoms with Gasteiger partial charge in [-0.15, -0.1) is 0 Å². The first-order chi connectivity index (χ1) is 5.99. The minimum absolute atomic E-state index is 0.193. The normalized spacial score (nSPS) is 31.6. The summed E-state index contributed by atoms with van der Waals surface area (Å²) in [5.41, 5.74) is 6.31. The highest BCUT2D eigenvalue weighted by atomic mass is 32.2. The zero-order valence-electron chi connectivity index (χ0n) is 8.68. The third-order valence-corrected chi connectivity index (χ3v) is 4.23. The molecule has 1 saturated carbocycles. The van der Waals surface area contributed by atoms with Gasteiger partial charge in [0.05, 0.1) is 0 Å². The molecule has 0 spiro atoms. The molecule has 3 heteroatoms. The lowest BCUT2D eigenvalue weighted by atomic mass is 10.1. The standard InChI is InChI=1S/C10H20N2S/c1-9(2)7-12(5-6-13-9)8-10(11)3-4-10/h3-8,11H2,1-2H3. The molecule has 76 valence electrons. The predicted octanol–water partition coefficient (Wildman–Crippen LogP) is 1.31. The Morgan fingerprint density at radius 2 is 2.08 bits per heavy atom. The van der Waals surface area contributed by atoms with E-state index in [1.165, 1.54) is 31.7 Å². The molecule has 0 amide bonds. The van der Waals surface area contributed by atoms with Gasteiger partial charge in [-0.1, -0.05) is 0 Å². The van der Waals surface area contributed by atoms with Crippen LogP contribution in [-0.4, -0.2) is 40.6 Å². The largest absolute Gasteiger partial charge is 0.324 e. The van der Waals surface area contributed by atoms with Crippen LogP contribution >= 0.6 is 11.8 Å². The highest BCUT2D eigenvalue weighted by molar-refractivity contribution is 8.00. The van der Waals surface area contributed by atoms with Gasteiger partial charge in [0.1, 0.15) is 0 Å². The Balaban J connectivity index is 1.86. The lowest BCUT2D eigenvalue weighted by molar-refractivity contribution is 0.239. The number of hydrogen-bond donors (Lipinski definition) is 1. The van der Waals surface area contributed by atoms with Crippen molar-refractivity contribution in [3.8, 4) is 0 Å². The Morgan fingerprint density at radius 1 is 1.38 bits per heavy atom. The molecule has 0 atom stereocenters. The van der Waals surface area contributed by atoms with Crippen LogP contribution in [-0.2, 0) is 0 Å². The molecule has 0 aromatic heterocycles. The number of nitrogens with two attached hydrogens (primary N) is 1. The molecule has 0 aromatic carbocycles. The van der Waals surface area contributed by atoms with Crippen molar-refractivity contribution in [2.75, 3.05) is 25.4 Å². The molecular formula is C10H20N2S.